The lowest BCUT2D eigenvalue weighted by Gasteiger charge is -2.41. The van der Waals surface area contributed by atoms with Crippen LogP contribution in [-0.4, -0.2) is 16.2 Å². The fraction of sp³-hybridized carbons (Fsp3) is 0.467. The van der Waals surface area contributed by atoms with Gasteiger partial charge in [-0.3, -0.25) is 0 Å². The number of hydrogen-bond acceptors (Lipinski definition) is 2. The van der Waals surface area contributed by atoms with Crippen molar-refractivity contribution in [2.24, 2.45) is 0 Å². The Morgan fingerprint density at radius 3 is 2.18 bits per heavy atom. The fourth-order valence-electron chi connectivity index (χ4n) is 2.78. The Morgan fingerprint density at radius 2 is 1.65 bits per heavy atom. The van der Waals surface area contributed by atoms with E-state index in [1.165, 1.54) is 11.1 Å². The van der Waals surface area contributed by atoms with Crippen LogP contribution in [0, 0.1) is 0 Å². The minimum Gasteiger partial charge on any atom is -0.508 e. The molecule has 2 rings (SSSR count). The van der Waals surface area contributed by atoms with Gasteiger partial charge in [0.15, 0.2) is 0 Å². The Labute approximate surface area is 103 Å². The predicted octanol–water partition coefficient (Wildman–Crippen LogP) is 3.33. The van der Waals surface area contributed by atoms with Crippen molar-refractivity contribution in [1.29, 1.82) is 0 Å². The molecule has 0 unspecified atom stereocenters. The Balaban J connectivity index is 2.38. The van der Waals surface area contributed by atoms with Crippen molar-refractivity contribution in [3.05, 3.63) is 35.9 Å². The van der Waals surface area contributed by atoms with Crippen LogP contribution >= 0.6 is 0 Å². The highest BCUT2D eigenvalue weighted by Gasteiger charge is 2.32. The molecule has 0 radical (unpaired) electrons. The van der Waals surface area contributed by atoms with Gasteiger partial charge < -0.3 is 10.4 Å². The lowest BCUT2D eigenvalue weighted by Crippen LogP contribution is -2.53. The summed E-state index contributed by atoms with van der Waals surface area (Å²) < 4.78 is 0. The normalized spacial score (nSPS) is 22.0. The maximum atomic E-state index is 9.33. The van der Waals surface area contributed by atoms with E-state index in [9.17, 15) is 5.11 Å². The van der Waals surface area contributed by atoms with E-state index in [0.717, 1.165) is 6.42 Å². The summed E-state index contributed by atoms with van der Waals surface area (Å²) in [7, 11) is 0. The van der Waals surface area contributed by atoms with E-state index >= 15 is 0 Å². The van der Waals surface area contributed by atoms with E-state index in [2.05, 4.69) is 39.1 Å². The molecule has 2 N–H and O–H groups in total. The highest BCUT2D eigenvalue weighted by molar-refractivity contribution is 5.69. The third-order valence-electron chi connectivity index (χ3n) is 3.07. The number of phenolic OH excluding ortho intramolecular Hbond substituents is 1. The van der Waals surface area contributed by atoms with Gasteiger partial charge in [0, 0.05) is 11.1 Å². The van der Waals surface area contributed by atoms with Crippen molar-refractivity contribution in [3.63, 3.8) is 0 Å². The summed E-state index contributed by atoms with van der Waals surface area (Å²) in [6, 6.07) is 7.47. The Morgan fingerprint density at radius 1 is 1.06 bits per heavy atom. The van der Waals surface area contributed by atoms with Crippen molar-refractivity contribution >= 4 is 5.57 Å². The summed E-state index contributed by atoms with van der Waals surface area (Å²) in [5, 5.41) is 12.9. The molecule has 1 aliphatic heterocycles. The van der Waals surface area contributed by atoms with Gasteiger partial charge in [-0.25, -0.2) is 0 Å². The van der Waals surface area contributed by atoms with Crippen LogP contribution in [0.2, 0.25) is 0 Å². The first-order valence-electron chi connectivity index (χ1n) is 6.08. The minimum absolute atomic E-state index is 0.00890. The van der Waals surface area contributed by atoms with Crippen molar-refractivity contribution in [2.45, 2.75) is 45.2 Å². The van der Waals surface area contributed by atoms with Crippen LogP contribution in [0.4, 0.5) is 0 Å². The number of rotatable bonds is 1. The zero-order chi connectivity index (χ0) is 12.7. The molecule has 2 nitrogen and oxygen atoms in total. The maximum absolute atomic E-state index is 9.33. The lowest BCUT2D eigenvalue weighted by atomic mass is 9.81. The van der Waals surface area contributed by atoms with E-state index in [-0.39, 0.29) is 11.1 Å². The van der Waals surface area contributed by atoms with Crippen LogP contribution in [0.25, 0.3) is 5.57 Å². The zero-order valence-electron chi connectivity index (χ0n) is 11.0. The molecule has 0 fully saturated rings. The van der Waals surface area contributed by atoms with Crippen LogP contribution in [0.5, 0.6) is 5.75 Å². The maximum Gasteiger partial charge on any atom is 0.115 e. The van der Waals surface area contributed by atoms with Gasteiger partial charge in [0.05, 0.1) is 0 Å². The Hall–Kier alpha value is -1.28. The van der Waals surface area contributed by atoms with E-state index in [1.54, 1.807) is 12.1 Å². The monoisotopic (exact) mass is 231 g/mol. The number of hydrogen-bond donors (Lipinski definition) is 2. The van der Waals surface area contributed by atoms with Gasteiger partial charge in [0.25, 0.3) is 0 Å². The molecule has 0 spiro atoms. The van der Waals surface area contributed by atoms with E-state index in [0.29, 0.717) is 5.75 Å². The van der Waals surface area contributed by atoms with Crippen molar-refractivity contribution in [1.82, 2.24) is 5.32 Å². The number of aromatic hydroxyl groups is 1. The molecule has 1 aliphatic rings. The summed E-state index contributed by atoms with van der Waals surface area (Å²) >= 11 is 0. The number of nitrogens with one attached hydrogen (secondary N) is 1. The third-order valence-corrected chi connectivity index (χ3v) is 3.07. The fourth-order valence-corrected chi connectivity index (χ4v) is 2.78. The molecule has 0 bridgehead atoms. The number of phenols is 1. The molecule has 1 aromatic rings. The molecule has 92 valence electrons. The molecule has 1 aromatic carbocycles. The van der Waals surface area contributed by atoms with E-state index in [4.69, 9.17) is 0 Å². The summed E-state index contributed by atoms with van der Waals surface area (Å²) in [5.74, 6) is 0.321. The van der Waals surface area contributed by atoms with Crippen LogP contribution in [0.1, 0.15) is 39.7 Å². The summed E-state index contributed by atoms with van der Waals surface area (Å²) in [5.41, 5.74) is 2.66. The number of benzene rings is 1. The second kappa shape index (κ2) is 3.88. The lowest BCUT2D eigenvalue weighted by molar-refractivity contribution is 0.297. The average Bonchev–Trinajstić information content (AvgIpc) is 2.13. The standard InChI is InChI=1S/C15H21NO/c1-14(2)9-12(10-15(3,4)16-14)11-5-7-13(17)8-6-11/h5-9,16-17H,10H2,1-4H3. The molecule has 0 aromatic heterocycles. The molecule has 0 amide bonds. The minimum atomic E-state index is 0.00890. The Bertz CT molecular complexity index is 440. The van der Waals surface area contributed by atoms with Crippen molar-refractivity contribution in [3.8, 4) is 5.75 Å². The predicted molar refractivity (Wildman–Crippen MR) is 72.0 cm³/mol. The van der Waals surface area contributed by atoms with Crippen molar-refractivity contribution in [2.75, 3.05) is 0 Å². The molecule has 1 heterocycles. The van der Waals surface area contributed by atoms with Gasteiger partial charge in [-0.15, -0.1) is 0 Å². The molecule has 0 aliphatic carbocycles. The second-order valence-electron chi connectivity index (χ2n) is 6.12. The summed E-state index contributed by atoms with van der Waals surface area (Å²) in [4.78, 5) is 0. The first-order valence-corrected chi connectivity index (χ1v) is 6.08. The van der Waals surface area contributed by atoms with Gasteiger partial charge in [0.1, 0.15) is 5.75 Å². The largest absolute Gasteiger partial charge is 0.508 e. The quantitative estimate of drug-likeness (QED) is 0.777. The van der Waals surface area contributed by atoms with Crippen LogP contribution in [-0.2, 0) is 0 Å². The molecule has 17 heavy (non-hydrogen) atoms. The third kappa shape index (κ3) is 2.89. The van der Waals surface area contributed by atoms with Gasteiger partial charge in [-0.05, 0) is 57.4 Å². The van der Waals surface area contributed by atoms with Gasteiger partial charge >= 0.3 is 0 Å². The highest BCUT2D eigenvalue weighted by Crippen LogP contribution is 2.33. The van der Waals surface area contributed by atoms with Crippen LogP contribution < -0.4 is 5.32 Å². The SMILES string of the molecule is CC1(C)C=C(c2ccc(O)cc2)CC(C)(C)N1. The first-order chi connectivity index (χ1) is 7.77. The second-order valence-corrected chi connectivity index (χ2v) is 6.12. The summed E-state index contributed by atoms with van der Waals surface area (Å²) in [6.45, 7) is 8.83. The Kier molecular flexibility index (Phi) is 2.78. The zero-order valence-corrected chi connectivity index (χ0v) is 11.0. The molecule has 2 heteroatoms. The van der Waals surface area contributed by atoms with Gasteiger partial charge in [0.2, 0.25) is 0 Å². The summed E-state index contributed by atoms with van der Waals surface area (Å²) in [6.07, 6.45) is 3.28. The molecule has 0 atom stereocenters. The van der Waals surface area contributed by atoms with Gasteiger partial charge in [-0.2, -0.15) is 0 Å². The van der Waals surface area contributed by atoms with Gasteiger partial charge in [-0.1, -0.05) is 18.2 Å². The van der Waals surface area contributed by atoms with Crippen LogP contribution in [0.15, 0.2) is 30.3 Å². The molecule has 0 saturated carbocycles. The average molecular weight is 231 g/mol. The van der Waals surface area contributed by atoms with E-state index in [1.807, 2.05) is 12.1 Å². The highest BCUT2D eigenvalue weighted by atomic mass is 16.3. The molecule has 0 saturated heterocycles. The van der Waals surface area contributed by atoms with E-state index < -0.39 is 0 Å². The molecular weight excluding hydrogens is 210 g/mol. The topological polar surface area (TPSA) is 32.3 Å². The van der Waals surface area contributed by atoms with Crippen LogP contribution in [0.3, 0.4) is 0 Å². The smallest absolute Gasteiger partial charge is 0.115 e. The van der Waals surface area contributed by atoms with Crippen molar-refractivity contribution < 1.29 is 5.11 Å². The first kappa shape index (κ1) is 12.2. The molecular formula is C15H21NO.